The Labute approximate surface area is 165 Å². The fraction of sp³-hybridized carbons (Fsp3) is 0.150. The molecule has 0 atom stereocenters. The van der Waals surface area contributed by atoms with E-state index in [2.05, 4.69) is 5.32 Å². The minimum Gasteiger partial charge on any atom is -0.324 e. The van der Waals surface area contributed by atoms with Crippen molar-refractivity contribution in [1.29, 1.82) is 0 Å². The van der Waals surface area contributed by atoms with E-state index < -0.39 is 34.2 Å². The Morgan fingerprint density at radius 3 is 2.34 bits per heavy atom. The molecule has 1 N–H and O–H groups in total. The topological polar surface area (TPSA) is 66.5 Å². The van der Waals surface area contributed by atoms with Gasteiger partial charge in [-0.1, -0.05) is 42.5 Å². The van der Waals surface area contributed by atoms with Gasteiger partial charge in [-0.15, -0.1) is 0 Å². The molecular weight excluding hydrogens is 405 g/mol. The maximum absolute atomic E-state index is 13.0. The SMILES string of the molecule is CS(=O)(=O)N(CC(=O)Nc1cccc2ccccc12)c1cccc(C(F)(F)F)c1. The van der Waals surface area contributed by atoms with Crippen LogP contribution < -0.4 is 9.62 Å². The number of nitrogens with zero attached hydrogens (tertiary/aromatic N) is 1. The number of fused-ring (bicyclic) bond motifs is 1. The van der Waals surface area contributed by atoms with Crippen LogP contribution in [-0.2, 0) is 21.0 Å². The van der Waals surface area contributed by atoms with E-state index >= 15 is 0 Å². The molecule has 9 heteroatoms. The molecule has 3 aromatic rings. The van der Waals surface area contributed by atoms with Crippen molar-refractivity contribution in [3.8, 4) is 0 Å². The second-order valence-corrected chi connectivity index (χ2v) is 8.30. The minimum atomic E-state index is -4.63. The smallest absolute Gasteiger partial charge is 0.324 e. The molecular formula is C20H17F3N2O3S. The summed E-state index contributed by atoms with van der Waals surface area (Å²) in [4.78, 5) is 12.5. The van der Waals surface area contributed by atoms with E-state index in [-0.39, 0.29) is 5.69 Å². The first kappa shape index (κ1) is 20.7. The number of anilines is 2. The van der Waals surface area contributed by atoms with E-state index in [4.69, 9.17) is 0 Å². The predicted octanol–water partition coefficient (Wildman–Crippen LogP) is 4.26. The lowest BCUT2D eigenvalue weighted by atomic mass is 10.1. The summed E-state index contributed by atoms with van der Waals surface area (Å²) in [7, 11) is -4.00. The Morgan fingerprint density at radius 2 is 1.66 bits per heavy atom. The summed E-state index contributed by atoms with van der Waals surface area (Å²) in [6, 6.07) is 16.4. The first-order chi connectivity index (χ1) is 13.6. The van der Waals surface area contributed by atoms with Crippen LogP contribution in [0.2, 0.25) is 0 Å². The molecule has 29 heavy (non-hydrogen) atoms. The van der Waals surface area contributed by atoms with Crippen molar-refractivity contribution in [2.24, 2.45) is 0 Å². The zero-order valence-electron chi connectivity index (χ0n) is 15.3. The van der Waals surface area contributed by atoms with Gasteiger partial charge in [0.2, 0.25) is 15.9 Å². The maximum atomic E-state index is 13.0. The molecule has 0 spiro atoms. The molecule has 0 aromatic heterocycles. The number of carbonyl (C=O) groups is 1. The largest absolute Gasteiger partial charge is 0.416 e. The van der Waals surface area contributed by atoms with E-state index in [9.17, 15) is 26.4 Å². The highest BCUT2D eigenvalue weighted by Crippen LogP contribution is 2.32. The maximum Gasteiger partial charge on any atom is 0.416 e. The van der Waals surface area contributed by atoms with Crippen molar-refractivity contribution in [1.82, 2.24) is 0 Å². The molecule has 0 aliphatic rings. The Balaban J connectivity index is 1.89. The van der Waals surface area contributed by atoms with Gasteiger partial charge in [0, 0.05) is 11.1 Å². The summed E-state index contributed by atoms with van der Waals surface area (Å²) >= 11 is 0. The number of hydrogen-bond acceptors (Lipinski definition) is 3. The molecule has 0 saturated carbocycles. The average molecular weight is 422 g/mol. The summed E-state index contributed by atoms with van der Waals surface area (Å²) in [5.74, 6) is -0.677. The zero-order valence-corrected chi connectivity index (χ0v) is 16.1. The van der Waals surface area contributed by atoms with Gasteiger partial charge in [-0.25, -0.2) is 8.42 Å². The van der Waals surface area contributed by atoms with Crippen LogP contribution in [0.5, 0.6) is 0 Å². The first-order valence-corrected chi connectivity index (χ1v) is 10.3. The van der Waals surface area contributed by atoms with Gasteiger partial charge in [0.05, 0.1) is 17.5 Å². The van der Waals surface area contributed by atoms with Crippen LogP contribution in [-0.4, -0.2) is 27.1 Å². The van der Waals surface area contributed by atoms with Crippen LogP contribution in [0.3, 0.4) is 0 Å². The van der Waals surface area contributed by atoms with Crippen LogP contribution >= 0.6 is 0 Å². The van der Waals surface area contributed by atoms with Gasteiger partial charge < -0.3 is 5.32 Å². The Bertz CT molecular complexity index is 1160. The number of carbonyl (C=O) groups excluding carboxylic acids is 1. The highest BCUT2D eigenvalue weighted by molar-refractivity contribution is 7.92. The van der Waals surface area contributed by atoms with Crippen LogP contribution in [0, 0.1) is 0 Å². The molecule has 0 fully saturated rings. The van der Waals surface area contributed by atoms with Crippen LogP contribution in [0.15, 0.2) is 66.7 Å². The normalized spacial score (nSPS) is 12.0. The number of benzene rings is 3. The lowest BCUT2D eigenvalue weighted by Crippen LogP contribution is -2.37. The number of rotatable bonds is 5. The number of halogens is 3. The molecule has 5 nitrogen and oxygen atoms in total. The zero-order chi connectivity index (χ0) is 21.2. The van der Waals surface area contributed by atoms with Crippen LogP contribution in [0.4, 0.5) is 24.5 Å². The summed E-state index contributed by atoms with van der Waals surface area (Å²) in [5.41, 5.74) is -0.765. The van der Waals surface area contributed by atoms with Crippen molar-refractivity contribution < 1.29 is 26.4 Å². The van der Waals surface area contributed by atoms with Gasteiger partial charge >= 0.3 is 6.18 Å². The lowest BCUT2D eigenvalue weighted by molar-refractivity contribution is -0.137. The van der Waals surface area contributed by atoms with E-state index in [1.807, 2.05) is 18.2 Å². The Morgan fingerprint density at radius 1 is 1.00 bits per heavy atom. The quantitative estimate of drug-likeness (QED) is 0.668. The molecule has 0 bridgehead atoms. The molecule has 3 aromatic carbocycles. The molecule has 0 aliphatic heterocycles. The van der Waals surface area contributed by atoms with Gasteiger partial charge in [-0.05, 0) is 29.7 Å². The van der Waals surface area contributed by atoms with Gasteiger partial charge in [-0.2, -0.15) is 13.2 Å². The highest BCUT2D eigenvalue weighted by atomic mass is 32.2. The highest BCUT2D eigenvalue weighted by Gasteiger charge is 2.32. The fourth-order valence-electron chi connectivity index (χ4n) is 2.89. The van der Waals surface area contributed by atoms with E-state index in [0.29, 0.717) is 16.1 Å². The average Bonchev–Trinajstić information content (AvgIpc) is 2.65. The Kier molecular flexibility index (Phi) is 5.52. The molecule has 0 saturated heterocycles. The summed E-state index contributed by atoms with van der Waals surface area (Å²) in [6.07, 6.45) is -3.80. The molecule has 1 amide bonds. The van der Waals surface area contributed by atoms with Gasteiger partial charge in [-0.3, -0.25) is 9.10 Å². The molecule has 0 unspecified atom stereocenters. The van der Waals surface area contributed by atoms with Gasteiger partial charge in [0.1, 0.15) is 6.54 Å². The number of nitrogens with one attached hydrogen (secondary N) is 1. The van der Waals surface area contributed by atoms with Crippen molar-refractivity contribution in [2.45, 2.75) is 6.18 Å². The third-order valence-corrected chi connectivity index (χ3v) is 5.35. The monoisotopic (exact) mass is 422 g/mol. The minimum absolute atomic E-state index is 0.240. The van der Waals surface area contributed by atoms with Crippen molar-refractivity contribution in [3.63, 3.8) is 0 Å². The summed E-state index contributed by atoms with van der Waals surface area (Å²) in [5, 5.41) is 4.27. The summed E-state index contributed by atoms with van der Waals surface area (Å²) < 4.78 is 63.9. The Hall–Kier alpha value is -3.07. The van der Waals surface area contributed by atoms with Crippen LogP contribution in [0.25, 0.3) is 10.8 Å². The number of sulfonamides is 1. The molecule has 0 radical (unpaired) electrons. The fourth-order valence-corrected chi connectivity index (χ4v) is 3.74. The predicted molar refractivity (Wildman–Crippen MR) is 106 cm³/mol. The molecule has 3 rings (SSSR count). The lowest BCUT2D eigenvalue weighted by Gasteiger charge is -2.23. The number of hydrogen-bond donors (Lipinski definition) is 1. The van der Waals surface area contributed by atoms with E-state index in [1.165, 1.54) is 6.07 Å². The van der Waals surface area contributed by atoms with Crippen molar-refractivity contribution >= 4 is 38.1 Å². The van der Waals surface area contributed by atoms with Crippen LogP contribution in [0.1, 0.15) is 5.56 Å². The third-order valence-electron chi connectivity index (χ3n) is 4.21. The first-order valence-electron chi connectivity index (χ1n) is 8.48. The molecule has 0 heterocycles. The second-order valence-electron chi connectivity index (χ2n) is 6.39. The van der Waals surface area contributed by atoms with Gasteiger partial charge in [0.15, 0.2) is 0 Å². The third kappa shape index (κ3) is 4.86. The number of alkyl halides is 3. The summed E-state index contributed by atoms with van der Waals surface area (Å²) in [6.45, 7) is -0.663. The second kappa shape index (κ2) is 7.75. The van der Waals surface area contributed by atoms with E-state index in [1.54, 1.807) is 24.3 Å². The van der Waals surface area contributed by atoms with E-state index in [0.717, 1.165) is 29.2 Å². The molecule has 152 valence electrons. The van der Waals surface area contributed by atoms with Crippen molar-refractivity contribution in [3.05, 3.63) is 72.3 Å². The standard InChI is InChI=1S/C20H17F3N2O3S/c1-29(27,28)25(16-9-5-8-15(12-16)20(21,22)23)13-19(26)24-18-11-4-7-14-6-2-3-10-17(14)18/h2-12H,13H2,1H3,(H,24,26). The van der Waals surface area contributed by atoms with Crippen molar-refractivity contribution in [2.75, 3.05) is 22.4 Å². The number of amides is 1. The molecule has 0 aliphatic carbocycles. The van der Waals surface area contributed by atoms with Gasteiger partial charge in [0.25, 0.3) is 0 Å².